The van der Waals surface area contributed by atoms with Gasteiger partial charge in [0.1, 0.15) is 21.4 Å². The lowest BCUT2D eigenvalue weighted by Crippen LogP contribution is -2.17. The highest BCUT2D eigenvalue weighted by Gasteiger charge is 2.17. The molecule has 0 aliphatic rings. The summed E-state index contributed by atoms with van der Waals surface area (Å²) in [7, 11) is 3.96. The predicted molar refractivity (Wildman–Crippen MR) is 97.4 cm³/mol. The van der Waals surface area contributed by atoms with Gasteiger partial charge in [-0.3, -0.25) is 14.3 Å². The number of thiophene rings is 1. The van der Waals surface area contributed by atoms with Gasteiger partial charge in [0.05, 0.1) is 23.0 Å². The molecule has 0 fully saturated rings. The van der Waals surface area contributed by atoms with E-state index < -0.39 is 0 Å². The van der Waals surface area contributed by atoms with Gasteiger partial charge in [0.2, 0.25) is 0 Å². The minimum absolute atomic E-state index is 0.0987. The first kappa shape index (κ1) is 14.8. The van der Waals surface area contributed by atoms with Crippen molar-refractivity contribution >= 4 is 37.5 Å². The van der Waals surface area contributed by atoms with E-state index in [0.717, 1.165) is 21.6 Å². The van der Waals surface area contributed by atoms with Crippen LogP contribution in [0, 0.1) is 6.92 Å². The molecule has 4 heterocycles. The van der Waals surface area contributed by atoms with Crippen LogP contribution >= 0.6 is 11.3 Å². The van der Waals surface area contributed by atoms with Crippen molar-refractivity contribution in [1.82, 2.24) is 19.5 Å². The highest BCUT2D eigenvalue weighted by atomic mass is 32.1. The van der Waals surface area contributed by atoms with Crippen molar-refractivity contribution in [3.8, 4) is 5.69 Å². The van der Waals surface area contributed by atoms with E-state index in [1.807, 2.05) is 38.1 Å². The average Bonchev–Trinajstić information content (AvgIpc) is 2.94. The van der Waals surface area contributed by atoms with Gasteiger partial charge in [-0.15, -0.1) is 11.3 Å². The Bertz CT molecular complexity index is 1110. The Morgan fingerprint density at radius 3 is 2.83 bits per heavy atom. The van der Waals surface area contributed by atoms with Gasteiger partial charge >= 0.3 is 0 Å². The fourth-order valence-corrected chi connectivity index (χ4v) is 3.88. The molecule has 24 heavy (non-hydrogen) atoms. The first-order valence-corrected chi connectivity index (χ1v) is 8.27. The Balaban J connectivity index is 2.10. The van der Waals surface area contributed by atoms with E-state index >= 15 is 0 Å². The molecule has 0 spiro atoms. The molecule has 0 atom stereocenters. The number of aromatic nitrogens is 4. The van der Waals surface area contributed by atoms with Gasteiger partial charge in [-0.05, 0) is 25.1 Å². The van der Waals surface area contributed by atoms with Gasteiger partial charge in [0, 0.05) is 26.0 Å². The van der Waals surface area contributed by atoms with Crippen LogP contribution in [-0.2, 0) is 0 Å². The Kier molecular flexibility index (Phi) is 3.31. The van der Waals surface area contributed by atoms with Crippen LogP contribution in [-0.4, -0.2) is 33.6 Å². The Morgan fingerprint density at radius 2 is 2.12 bits per heavy atom. The molecular weight excluding hydrogens is 322 g/mol. The molecule has 4 rings (SSSR count). The minimum Gasteiger partial charge on any atom is -0.377 e. The SMILES string of the molecule is Cc1cc(N(C)C)c2c(n1)sc1c(=O)n(-c3cccnc3)cnc12. The van der Waals surface area contributed by atoms with Crippen LogP contribution in [0.15, 0.2) is 41.7 Å². The summed E-state index contributed by atoms with van der Waals surface area (Å²) in [4.78, 5) is 29.0. The average molecular weight is 337 g/mol. The number of hydrogen-bond donors (Lipinski definition) is 0. The van der Waals surface area contributed by atoms with Crippen LogP contribution in [0.2, 0.25) is 0 Å². The molecule has 7 heteroatoms. The van der Waals surface area contributed by atoms with E-state index in [0.29, 0.717) is 15.9 Å². The minimum atomic E-state index is -0.0987. The van der Waals surface area contributed by atoms with Crippen molar-refractivity contribution in [2.45, 2.75) is 6.92 Å². The zero-order valence-electron chi connectivity index (χ0n) is 13.5. The van der Waals surface area contributed by atoms with E-state index in [1.165, 1.54) is 15.9 Å². The first-order valence-electron chi connectivity index (χ1n) is 7.45. The topological polar surface area (TPSA) is 63.9 Å². The number of hydrogen-bond acceptors (Lipinski definition) is 6. The lowest BCUT2D eigenvalue weighted by molar-refractivity contribution is 0.957. The smallest absolute Gasteiger partial charge is 0.276 e. The normalized spacial score (nSPS) is 11.3. The second-order valence-corrected chi connectivity index (χ2v) is 6.77. The molecule has 0 aliphatic heterocycles. The molecule has 0 N–H and O–H groups in total. The van der Waals surface area contributed by atoms with Crippen LogP contribution in [0.4, 0.5) is 5.69 Å². The molecule has 0 bridgehead atoms. The van der Waals surface area contributed by atoms with E-state index in [2.05, 4.69) is 15.0 Å². The Hall–Kier alpha value is -2.80. The van der Waals surface area contributed by atoms with E-state index in [1.54, 1.807) is 24.8 Å². The summed E-state index contributed by atoms with van der Waals surface area (Å²) in [6.07, 6.45) is 4.89. The summed E-state index contributed by atoms with van der Waals surface area (Å²) in [5.74, 6) is 0. The number of fused-ring (bicyclic) bond motifs is 3. The van der Waals surface area contributed by atoms with Crippen LogP contribution in [0.5, 0.6) is 0 Å². The summed E-state index contributed by atoms with van der Waals surface area (Å²) in [6, 6.07) is 5.65. The maximum Gasteiger partial charge on any atom is 0.276 e. The zero-order valence-corrected chi connectivity index (χ0v) is 14.3. The molecule has 0 radical (unpaired) electrons. The second kappa shape index (κ2) is 5.38. The first-order chi connectivity index (χ1) is 11.6. The highest BCUT2D eigenvalue weighted by molar-refractivity contribution is 7.25. The van der Waals surface area contributed by atoms with Crippen molar-refractivity contribution in [3.05, 3.63) is 53.0 Å². The molecule has 120 valence electrons. The lowest BCUT2D eigenvalue weighted by atomic mass is 10.2. The third kappa shape index (κ3) is 2.16. The van der Waals surface area contributed by atoms with Crippen molar-refractivity contribution in [3.63, 3.8) is 0 Å². The standard InChI is InChI=1S/C17H15N5OS/c1-10-7-12(21(2)3)13-14-15(24-16(13)20-10)17(23)22(9-19-14)11-5-4-6-18-8-11/h4-9H,1-3H3. The summed E-state index contributed by atoms with van der Waals surface area (Å²) in [5, 5.41) is 0.932. The predicted octanol–water partition coefficient (Wildman–Crippen LogP) is 2.76. The molecule has 4 aromatic rings. The number of aryl methyl sites for hydroxylation is 1. The summed E-state index contributed by atoms with van der Waals surface area (Å²) >= 11 is 1.39. The molecule has 0 saturated carbocycles. The fourth-order valence-electron chi connectivity index (χ4n) is 2.76. The molecule has 4 aromatic heterocycles. The van der Waals surface area contributed by atoms with Gasteiger partial charge in [-0.2, -0.15) is 0 Å². The van der Waals surface area contributed by atoms with Crippen LogP contribution in [0.25, 0.3) is 26.1 Å². The van der Waals surface area contributed by atoms with E-state index in [-0.39, 0.29) is 5.56 Å². The van der Waals surface area contributed by atoms with Crippen LogP contribution < -0.4 is 10.5 Å². The van der Waals surface area contributed by atoms with E-state index in [4.69, 9.17) is 0 Å². The van der Waals surface area contributed by atoms with Crippen molar-refractivity contribution in [2.24, 2.45) is 0 Å². The largest absolute Gasteiger partial charge is 0.377 e. The van der Waals surface area contributed by atoms with Gasteiger partial charge < -0.3 is 4.90 Å². The number of anilines is 1. The maximum absolute atomic E-state index is 12.9. The fraction of sp³-hybridized carbons (Fsp3) is 0.176. The Morgan fingerprint density at radius 1 is 1.29 bits per heavy atom. The molecule has 0 unspecified atom stereocenters. The molecule has 6 nitrogen and oxygen atoms in total. The maximum atomic E-state index is 12.9. The zero-order chi connectivity index (χ0) is 16.8. The molecule has 0 amide bonds. The second-order valence-electron chi connectivity index (χ2n) is 5.77. The van der Waals surface area contributed by atoms with Crippen LogP contribution in [0.1, 0.15) is 5.69 Å². The van der Waals surface area contributed by atoms with Gasteiger partial charge in [0.15, 0.2) is 0 Å². The van der Waals surface area contributed by atoms with Crippen molar-refractivity contribution in [2.75, 3.05) is 19.0 Å². The lowest BCUT2D eigenvalue weighted by Gasteiger charge is -2.14. The number of nitrogens with zero attached hydrogens (tertiary/aromatic N) is 5. The third-order valence-corrected chi connectivity index (χ3v) is 4.93. The van der Waals surface area contributed by atoms with Gasteiger partial charge in [0.25, 0.3) is 5.56 Å². The molecule has 0 saturated heterocycles. The molecular formula is C17H15N5OS. The molecule has 0 aromatic carbocycles. The van der Waals surface area contributed by atoms with Gasteiger partial charge in [-0.25, -0.2) is 9.97 Å². The summed E-state index contributed by atoms with van der Waals surface area (Å²) in [5.41, 5.74) is 3.25. The quantitative estimate of drug-likeness (QED) is 0.563. The summed E-state index contributed by atoms with van der Waals surface area (Å²) < 4.78 is 2.13. The van der Waals surface area contributed by atoms with Crippen molar-refractivity contribution in [1.29, 1.82) is 0 Å². The van der Waals surface area contributed by atoms with Crippen LogP contribution in [0.3, 0.4) is 0 Å². The highest BCUT2D eigenvalue weighted by Crippen LogP contribution is 2.36. The number of rotatable bonds is 2. The monoisotopic (exact) mass is 337 g/mol. The third-order valence-electron chi connectivity index (χ3n) is 3.87. The number of pyridine rings is 2. The van der Waals surface area contributed by atoms with Gasteiger partial charge in [-0.1, -0.05) is 0 Å². The molecule has 0 aliphatic carbocycles. The Labute approximate surface area is 142 Å². The van der Waals surface area contributed by atoms with Crippen molar-refractivity contribution < 1.29 is 0 Å². The summed E-state index contributed by atoms with van der Waals surface area (Å²) in [6.45, 7) is 1.96. The van der Waals surface area contributed by atoms with E-state index in [9.17, 15) is 4.79 Å².